The minimum Gasteiger partial charge on any atom is -0.497 e. The van der Waals surface area contributed by atoms with Crippen LogP contribution in [0.5, 0.6) is 11.5 Å². The highest BCUT2D eigenvalue weighted by molar-refractivity contribution is 7.19. The molecule has 1 saturated carbocycles. The van der Waals surface area contributed by atoms with Crippen molar-refractivity contribution in [3.63, 3.8) is 0 Å². The molecule has 0 atom stereocenters. The van der Waals surface area contributed by atoms with Crippen LogP contribution in [0.4, 0.5) is 10.7 Å². The standard InChI is InChI=1S/C19H21N3O3S/c1-24-12-7-8-13(15(9-12)25-2)17(23)18-16(21)14(10-20)19(26-18)22-11-5-3-4-6-11/h7-9,11,22H,3-6,21H2,1-2H3. The molecule has 0 aliphatic heterocycles. The van der Waals surface area contributed by atoms with E-state index in [2.05, 4.69) is 11.4 Å². The first-order chi connectivity index (χ1) is 12.6. The highest BCUT2D eigenvalue weighted by atomic mass is 32.1. The fourth-order valence-corrected chi connectivity index (χ4v) is 4.29. The summed E-state index contributed by atoms with van der Waals surface area (Å²) in [5.41, 5.74) is 7.09. The minimum atomic E-state index is -0.261. The molecule has 1 aliphatic rings. The summed E-state index contributed by atoms with van der Waals surface area (Å²) in [7, 11) is 3.05. The summed E-state index contributed by atoms with van der Waals surface area (Å²) in [5.74, 6) is 0.743. The van der Waals surface area contributed by atoms with E-state index in [4.69, 9.17) is 15.2 Å². The van der Waals surface area contributed by atoms with Crippen molar-refractivity contribution in [3.05, 3.63) is 34.2 Å². The Kier molecular flexibility index (Phi) is 5.33. The summed E-state index contributed by atoms with van der Waals surface area (Å²) < 4.78 is 10.5. The number of anilines is 2. The van der Waals surface area contributed by atoms with E-state index in [0.717, 1.165) is 12.8 Å². The SMILES string of the molecule is COc1ccc(C(=O)c2sc(NC3CCCC3)c(C#N)c2N)c(OC)c1. The lowest BCUT2D eigenvalue weighted by Crippen LogP contribution is -2.14. The van der Waals surface area contributed by atoms with Gasteiger partial charge in [0.25, 0.3) is 0 Å². The minimum absolute atomic E-state index is 0.223. The lowest BCUT2D eigenvalue weighted by molar-refractivity contribution is 0.104. The average Bonchev–Trinajstić information content (AvgIpc) is 3.28. The van der Waals surface area contributed by atoms with E-state index in [1.165, 1.54) is 31.3 Å². The molecule has 3 rings (SSSR count). The van der Waals surface area contributed by atoms with Gasteiger partial charge in [0, 0.05) is 12.1 Å². The van der Waals surface area contributed by atoms with Crippen LogP contribution in [-0.2, 0) is 0 Å². The zero-order valence-corrected chi connectivity index (χ0v) is 15.6. The van der Waals surface area contributed by atoms with Gasteiger partial charge in [0.1, 0.15) is 33.0 Å². The molecule has 0 amide bonds. The fraction of sp³-hybridized carbons (Fsp3) is 0.368. The van der Waals surface area contributed by atoms with Crippen LogP contribution in [0.1, 0.15) is 46.5 Å². The van der Waals surface area contributed by atoms with Crippen LogP contribution in [0, 0.1) is 11.3 Å². The van der Waals surface area contributed by atoms with Crippen molar-refractivity contribution in [2.24, 2.45) is 0 Å². The first kappa shape index (κ1) is 18.1. The Hall–Kier alpha value is -2.72. The number of nitrogen functional groups attached to an aromatic ring is 1. The monoisotopic (exact) mass is 371 g/mol. The van der Waals surface area contributed by atoms with Gasteiger partial charge in [0.2, 0.25) is 5.78 Å². The third-order valence-electron chi connectivity index (χ3n) is 4.61. The van der Waals surface area contributed by atoms with Gasteiger partial charge in [0.15, 0.2) is 0 Å². The van der Waals surface area contributed by atoms with Crippen LogP contribution in [0.3, 0.4) is 0 Å². The van der Waals surface area contributed by atoms with Gasteiger partial charge in [-0.25, -0.2) is 0 Å². The molecule has 3 N–H and O–H groups in total. The number of nitrogens with two attached hydrogens (primary N) is 1. The smallest absolute Gasteiger partial charge is 0.208 e. The van der Waals surface area contributed by atoms with E-state index in [1.807, 2.05) is 0 Å². The zero-order valence-electron chi connectivity index (χ0n) is 14.8. The Morgan fingerprint density at radius 2 is 2.04 bits per heavy atom. The first-order valence-electron chi connectivity index (χ1n) is 8.44. The number of nitrogens with zero attached hydrogens (tertiary/aromatic N) is 1. The zero-order chi connectivity index (χ0) is 18.7. The van der Waals surface area contributed by atoms with Gasteiger partial charge in [-0.1, -0.05) is 12.8 Å². The van der Waals surface area contributed by atoms with Gasteiger partial charge in [-0.2, -0.15) is 5.26 Å². The molecule has 1 aliphatic carbocycles. The second-order valence-electron chi connectivity index (χ2n) is 6.18. The Balaban J connectivity index is 1.97. The van der Waals surface area contributed by atoms with Crippen molar-refractivity contribution < 1.29 is 14.3 Å². The predicted octanol–water partition coefficient (Wildman–Crippen LogP) is 3.80. The molecule has 1 heterocycles. The Morgan fingerprint density at radius 1 is 1.31 bits per heavy atom. The van der Waals surface area contributed by atoms with Crippen molar-refractivity contribution in [2.45, 2.75) is 31.7 Å². The number of carbonyl (C=O) groups is 1. The quantitative estimate of drug-likeness (QED) is 0.750. The summed E-state index contributed by atoms with van der Waals surface area (Å²) >= 11 is 1.23. The van der Waals surface area contributed by atoms with Crippen molar-refractivity contribution >= 4 is 27.8 Å². The molecule has 26 heavy (non-hydrogen) atoms. The highest BCUT2D eigenvalue weighted by Gasteiger charge is 2.26. The number of hydrogen-bond donors (Lipinski definition) is 2. The maximum Gasteiger partial charge on any atom is 0.208 e. The van der Waals surface area contributed by atoms with Gasteiger partial charge >= 0.3 is 0 Å². The van der Waals surface area contributed by atoms with E-state index in [0.29, 0.717) is 38.5 Å². The van der Waals surface area contributed by atoms with Gasteiger partial charge in [0.05, 0.1) is 25.5 Å². The third-order valence-corrected chi connectivity index (χ3v) is 5.74. The van der Waals surface area contributed by atoms with Gasteiger partial charge in [-0.3, -0.25) is 4.79 Å². The van der Waals surface area contributed by atoms with Crippen LogP contribution in [0.15, 0.2) is 18.2 Å². The summed E-state index contributed by atoms with van der Waals surface area (Å²) in [5, 5.41) is 13.6. The first-order valence-corrected chi connectivity index (χ1v) is 9.26. The maximum atomic E-state index is 13.0. The van der Waals surface area contributed by atoms with Crippen molar-refractivity contribution in [3.8, 4) is 17.6 Å². The van der Waals surface area contributed by atoms with Gasteiger partial charge in [-0.15, -0.1) is 11.3 Å². The van der Waals surface area contributed by atoms with Crippen molar-refractivity contribution in [1.29, 1.82) is 5.26 Å². The molecule has 0 bridgehead atoms. The second-order valence-corrected chi connectivity index (χ2v) is 7.20. The number of thiophene rings is 1. The van der Waals surface area contributed by atoms with Crippen LogP contribution >= 0.6 is 11.3 Å². The molecular weight excluding hydrogens is 350 g/mol. The van der Waals surface area contributed by atoms with E-state index in [1.54, 1.807) is 25.3 Å². The summed E-state index contributed by atoms with van der Waals surface area (Å²) in [6.07, 6.45) is 4.49. The van der Waals surface area contributed by atoms with E-state index in [-0.39, 0.29) is 11.5 Å². The molecule has 1 aromatic heterocycles. The molecular formula is C19H21N3O3S. The normalized spacial score (nSPS) is 14.0. The van der Waals surface area contributed by atoms with Crippen LogP contribution < -0.4 is 20.5 Å². The summed E-state index contributed by atoms with van der Waals surface area (Å²) in [4.78, 5) is 13.4. The molecule has 6 nitrogen and oxygen atoms in total. The summed E-state index contributed by atoms with van der Waals surface area (Å²) in [6.45, 7) is 0. The largest absolute Gasteiger partial charge is 0.497 e. The van der Waals surface area contributed by atoms with Crippen LogP contribution in [-0.4, -0.2) is 26.0 Å². The Morgan fingerprint density at radius 3 is 2.65 bits per heavy atom. The predicted molar refractivity (Wildman–Crippen MR) is 102 cm³/mol. The molecule has 2 aromatic rings. The summed E-state index contributed by atoms with van der Waals surface area (Å²) in [6, 6.07) is 7.46. The van der Waals surface area contributed by atoms with E-state index in [9.17, 15) is 10.1 Å². The number of nitriles is 1. The van der Waals surface area contributed by atoms with Crippen molar-refractivity contribution in [2.75, 3.05) is 25.3 Å². The second kappa shape index (κ2) is 7.67. The third kappa shape index (κ3) is 3.33. The number of rotatable bonds is 6. The lowest BCUT2D eigenvalue weighted by Gasteiger charge is -2.11. The lowest BCUT2D eigenvalue weighted by atomic mass is 10.1. The Bertz CT molecular complexity index is 864. The van der Waals surface area contributed by atoms with Crippen LogP contribution in [0.2, 0.25) is 0 Å². The highest BCUT2D eigenvalue weighted by Crippen LogP contribution is 2.39. The van der Waals surface area contributed by atoms with E-state index < -0.39 is 0 Å². The molecule has 1 aromatic carbocycles. The average molecular weight is 371 g/mol. The van der Waals surface area contributed by atoms with Crippen molar-refractivity contribution in [1.82, 2.24) is 0 Å². The Labute approximate surface area is 156 Å². The molecule has 7 heteroatoms. The molecule has 0 radical (unpaired) electrons. The van der Waals surface area contributed by atoms with Gasteiger partial charge in [-0.05, 0) is 25.0 Å². The number of nitrogens with one attached hydrogen (secondary N) is 1. The maximum absolute atomic E-state index is 13.0. The molecule has 136 valence electrons. The number of ether oxygens (including phenoxy) is 2. The molecule has 1 fully saturated rings. The number of carbonyl (C=O) groups excluding carboxylic acids is 1. The van der Waals surface area contributed by atoms with Gasteiger partial charge < -0.3 is 20.5 Å². The topological polar surface area (TPSA) is 97.4 Å². The molecule has 0 saturated heterocycles. The number of ketones is 1. The fourth-order valence-electron chi connectivity index (χ4n) is 3.19. The number of methoxy groups -OCH3 is 2. The molecule has 0 unspecified atom stereocenters. The molecule has 0 spiro atoms. The number of hydrogen-bond acceptors (Lipinski definition) is 7. The van der Waals surface area contributed by atoms with E-state index >= 15 is 0 Å². The van der Waals surface area contributed by atoms with Crippen LogP contribution in [0.25, 0.3) is 0 Å². The number of benzene rings is 1.